The van der Waals surface area contributed by atoms with Gasteiger partial charge in [0.15, 0.2) is 6.10 Å². The normalized spacial score (nSPS) is 11.9. The maximum atomic E-state index is 12.4. The van der Waals surface area contributed by atoms with Crippen molar-refractivity contribution in [3.05, 3.63) is 59.7 Å². The molecule has 2 rings (SSSR count). The van der Waals surface area contributed by atoms with Gasteiger partial charge < -0.3 is 15.0 Å². The molecule has 0 unspecified atom stereocenters. The van der Waals surface area contributed by atoms with E-state index in [0.717, 1.165) is 30.0 Å². The van der Waals surface area contributed by atoms with Gasteiger partial charge in [0, 0.05) is 25.3 Å². The molecule has 0 bridgehead atoms. The summed E-state index contributed by atoms with van der Waals surface area (Å²) in [7, 11) is 0. The van der Waals surface area contributed by atoms with Crippen molar-refractivity contribution in [1.82, 2.24) is 5.32 Å². The number of nitrogens with zero attached hydrogens (tertiary/aromatic N) is 1. The molecule has 1 atom stereocenters. The minimum absolute atomic E-state index is 0.110. The minimum Gasteiger partial charge on any atom is -0.481 e. The molecular weight excluding hydrogens is 336 g/mol. The molecule has 0 saturated carbocycles. The summed E-state index contributed by atoms with van der Waals surface area (Å²) in [4.78, 5) is 14.7. The molecular formula is C23H32N2O2. The van der Waals surface area contributed by atoms with Gasteiger partial charge in [-0.15, -0.1) is 0 Å². The van der Waals surface area contributed by atoms with Crippen LogP contribution >= 0.6 is 0 Å². The number of benzene rings is 2. The van der Waals surface area contributed by atoms with E-state index in [0.29, 0.717) is 12.5 Å². The third kappa shape index (κ3) is 5.75. The molecule has 27 heavy (non-hydrogen) atoms. The minimum atomic E-state index is -0.542. The van der Waals surface area contributed by atoms with Crippen molar-refractivity contribution in [3.63, 3.8) is 0 Å². The topological polar surface area (TPSA) is 41.6 Å². The highest BCUT2D eigenvalue weighted by Crippen LogP contribution is 2.26. The smallest absolute Gasteiger partial charge is 0.261 e. The maximum Gasteiger partial charge on any atom is 0.261 e. The molecule has 4 heteroatoms. The van der Waals surface area contributed by atoms with Crippen LogP contribution in [0.4, 0.5) is 5.69 Å². The number of carbonyl (C=O) groups is 1. The number of hydrogen-bond donors (Lipinski definition) is 1. The van der Waals surface area contributed by atoms with Gasteiger partial charge in [-0.25, -0.2) is 0 Å². The quantitative estimate of drug-likeness (QED) is 0.695. The van der Waals surface area contributed by atoms with Crippen molar-refractivity contribution in [2.75, 3.05) is 18.0 Å². The summed E-state index contributed by atoms with van der Waals surface area (Å²) in [5, 5.41) is 2.97. The number of carbonyl (C=O) groups excluding carboxylic acids is 1. The highest BCUT2D eigenvalue weighted by Gasteiger charge is 2.17. The molecule has 0 spiro atoms. The Balaban J connectivity index is 1.92. The van der Waals surface area contributed by atoms with E-state index in [4.69, 9.17) is 4.74 Å². The fourth-order valence-electron chi connectivity index (χ4n) is 3.06. The lowest BCUT2D eigenvalue weighted by Crippen LogP contribution is -2.36. The van der Waals surface area contributed by atoms with Crippen LogP contribution in [-0.2, 0) is 11.3 Å². The van der Waals surface area contributed by atoms with Crippen molar-refractivity contribution < 1.29 is 9.53 Å². The number of hydrogen-bond acceptors (Lipinski definition) is 3. The van der Waals surface area contributed by atoms with Crippen molar-refractivity contribution >= 4 is 11.6 Å². The van der Waals surface area contributed by atoms with E-state index >= 15 is 0 Å². The molecule has 0 fully saturated rings. The predicted molar refractivity (Wildman–Crippen MR) is 112 cm³/mol. The Kier molecular flexibility index (Phi) is 7.71. The summed E-state index contributed by atoms with van der Waals surface area (Å²) in [6.45, 7) is 12.8. The lowest BCUT2D eigenvalue weighted by molar-refractivity contribution is -0.127. The van der Waals surface area contributed by atoms with Gasteiger partial charge in [-0.1, -0.05) is 44.2 Å². The molecule has 0 radical (unpaired) electrons. The standard InChI is InChI=1S/C23H32N2O2/c1-6-25(7-2)20-14-12-19(13-15-20)16-24-23(26)18(5)27-22-11-9-8-10-21(22)17(3)4/h8-15,17-18H,6-7,16H2,1-5H3,(H,24,26)/t18-/m1/s1. The molecule has 0 heterocycles. The van der Waals surface area contributed by atoms with Crippen LogP contribution in [0.3, 0.4) is 0 Å². The fourth-order valence-corrected chi connectivity index (χ4v) is 3.06. The summed E-state index contributed by atoms with van der Waals surface area (Å²) in [6, 6.07) is 16.2. The molecule has 0 aliphatic carbocycles. The van der Waals surface area contributed by atoms with Crippen LogP contribution in [0.5, 0.6) is 5.75 Å². The molecule has 0 aromatic heterocycles. The first kappa shape index (κ1) is 20.8. The monoisotopic (exact) mass is 368 g/mol. The number of ether oxygens (including phenoxy) is 1. The lowest BCUT2D eigenvalue weighted by atomic mass is 10.0. The average Bonchev–Trinajstić information content (AvgIpc) is 2.68. The van der Waals surface area contributed by atoms with Gasteiger partial charge in [-0.2, -0.15) is 0 Å². The van der Waals surface area contributed by atoms with Crippen LogP contribution in [0.25, 0.3) is 0 Å². The molecule has 2 aromatic rings. The predicted octanol–water partition coefficient (Wildman–Crippen LogP) is 4.74. The maximum absolute atomic E-state index is 12.4. The van der Waals surface area contributed by atoms with Gasteiger partial charge in [0.05, 0.1) is 0 Å². The van der Waals surface area contributed by atoms with Crippen LogP contribution in [0.1, 0.15) is 51.7 Å². The van der Waals surface area contributed by atoms with Crippen molar-refractivity contribution in [2.45, 2.75) is 53.2 Å². The van der Waals surface area contributed by atoms with Gasteiger partial charge >= 0.3 is 0 Å². The highest BCUT2D eigenvalue weighted by atomic mass is 16.5. The lowest BCUT2D eigenvalue weighted by Gasteiger charge is -2.21. The number of rotatable bonds is 9. The van der Waals surface area contributed by atoms with Crippen molar-refractivity contribution in [3.8, 4) is 5.75 Å². The van der Waals surface area contributed by atoms with Crippen molar-refractivity contribution in [1.29, 1.82) is 0 Å². The highest BCUT2D eigenvalue weighted by molar-refractivity contribution is 5.80. The Labute approximate surface area is 163 Å². The van der Waals surface area contributed by atoms with Crippen LogP contribution in [-0.4, -0.2) is 25.1 Å². The van der Waals surface area contributed by atoms with Gasteiger partial charge in [-0.05, 0) is 56.0 Å². The molecule has 2 aromatic carbocycles. The van der Waals surface area contributed by atoms with E-state index in [1.165, 1.54) is 5.69 Å². The van der Waals surface area contributed by atoms with Crippen LogP contribution < -0.4 is 15.0 Å². The fraction of sp³-hybridized carbons (Fsp3) is 0.435. The Morgan fingerprint density at radius 1 is 1.00 bits per heavy atom. The second kappa shape index (κ2) is 10.0. The van der Waals surface area contributed by atoms with Crippen LogP contribution in [0, 0.1) is 0 Å². The number of anilines is 1. The second-order valence-electron chi connectivity index (χ2n) is 7.01. The number of nitrogens with one attached hydrogen (secondary N) is 1. The Morgan fingerprint density at radius 2 is 1.63 bits per heavy atom. The number of para-hydroxylation sites is 1. The van der Waals surface area contributed by atoms with E-state index in [1.54, 1.807) is 6.92 Å². The van der Waals surface area contributed by atoms with Crippen LogP contribution in [0.15, 0.2) is 48.5 Å². The van der Waals surface area contributed by atoms with Gasteiger partial charge in [0.2, 0.25) is 0 Å². The summed E-state index contributed by atoms with van der Waals surface area (Å²) >= 11 is 0. The SMILES string of the molecule is CCN(CC)c1ccc(CNC(=O)[C@@H](C)Oc2ccccc2C(C)C)cc1. The van der Waals surface area contributed by atoms with Crippen LogP contribution in [0.2, 0.25) is 0 Å². The largest absolute Gasteiger partial charge is 0.481 e. The van der Waals surface area contributed by atoms with E-state index in [1.807, 2.05) is 24.3 Å². The Morgan fingerprint density at radius 3 is 2.22 bits per heavy atom. The molecule has 4 nitrogen and oxygen atoms in total. The molecule has 0 aliphatic rings. The Bertz CT molecular complexity index is 721. The van der Waals surface area contributed by atoms with E-state index in [-0.39, 0.29) is 5.91 Å². The summed E-state index contributed by atoms with van der Waals surface area (Å²) < 4.78 is 5.92. The zero-order valence-corrected chi connectivity index (χ0v) is 17.2. The molecule has 0 aliphatic heterocycles. The average molecular weight is 369 g/mol. The molecule has 0 saturated heterocycles. The molecule has 146 valence electrons. The van der Waals surface area contributed by atoms with Gasteiger partial charge in [0.25, 0.3) is 5.91 Å². The number of amides is 1. The van der Waals surface area contributed by atoms with Gasteiger partial charge in [0.1, 0.15) is 5.75 Å². The van der Waals surface area contributed by atoms with E-state index < -0.39 is 6.10 Å². The zero-order valence-electron chi connectivity index (χ0n) is 17.2. The van der Waals surface area contributed by atoms with Gasteiger partial charge in [-0.3, -0.25) is 4.79 Å². The summed E-state index contributed by atoms with van der Waals surface area (Å²) in [6.07, 6.45) is -0.542. The van der Waals surface area contributed by atoms with Crippen molar-refractivity contribution in [2.24, 2.45) is 0 Å². The third-order valence-corrected chi connectivity index (χ3v) is 4.75. The summed E-state index contributed by atoms with van der Waals surface area (Å²) in [5.41, 5.74) is 3.40. The molecule has 1 amide bonds. The van der Waals surface area contributed by atoms with E-state index in [2.05, 4.69) is 62.2 Å². The first-order chi connectivity index (χ1) is 13.0. The Hall–Kier alpha value is -2.49. The zero-order chi connectivity index (χ0) is 19.8. The van der Waals surface area contributed by atoms with E-state index in [9.17, 15) is 4.79 Å². The first-order valence-electron chi connectivity index (χ1n) is 9.83. The third-order valence-electron chi connectivity index (χ3n) is 4.75. The second-order valence-corrected chi connectivity index (χ2v) is 7.01. The summed E-state index contributed by atoms with van der Waals surface area (Å²) in [5.74, 6) is 1.01. The first-order valence-corrected chi connectivity index (χ1v) is 9.83. The molecule has 1 N–H and O–H groups in total.